The van der Waals surface area contributed by atoms with E-state index >= 15 is 0 Å². The summed E-state index contributed by atoms with van der Waals surface area (Å²) >= 11 is 0. The van der Waals surface area contributed by atoms with E-state index in [4.69, 9.17) is 5.84 Å². The van der Waals surface area contributed by atoms with E-state index in [1.165, 1.54) is 0 Å². The predicted molar refractivity (Wildman–Crippen MR) is 66.9 cm³/mol. The Kier molecular flexibility index (Phi) is 7.49. The first-order chi connectivity index (χ1) is 7.97. The van der Waals surface area contributed by atoms with E-state index in [1.54, 1.807) is 6.92 Å². The van der Waals surface area contributed by atoms with Gasteiger partial charge in [-0.3, -0.25) is 19.9 Å². The van der Waals surface area contributed by atoms with Crippen LogP contribution in [-0.2, 0) is 9.59 Å². The molecule has 0 spiro atoms. The van der Waals surface area contributed by atoms with E-state index in [2.05, 4.69) is 10.7 Å². The summed E-state index contributed by atoms with van der Waals surface area (Å²) in [6, 6.07) is -0.0360. The molecule has 0 radical (unpaired) electrons. The summed E-state index contributed by atoms with van der Waals surface area (Å²) in [5.74, 6) is 4.61. The summed E-state index contributed by atoms with van der Waals surface area (Å²) in [6.45, 7) is 9.18. The molecule has 2 unspecified atom stereocenters. The van der Waals surface area contributed by atoms with Crippen LogP contribution in [0.5, 0.6) is 0 Å². The average molecular weight is 244 g/mol. The van der Waals surface area contributed by atoms with E-state index < -0.39 is 0 Å². The number of likely N-dealkylation sites (N-methyl/N-ethyl adjacent to an activating group) is 2. The van der Waals surface area contributed by atoms with Crippen LogP contribution >= 0.6 is 0 Å². The number of nitrogens with two attached hydrogens (primary N) is 1. The van der Waals surface area contributed by atoms with Crippen LogP contribution in [0.1, 0.15) is 27.7 Å². The highest BCUT2D eigenvalue weighted by molar-refractivity contribution is 5.79. The van der Waals surface area contributed by atoms with Crippen molar-refractivity contribution in [2.45, 2.75) is 33.7 Å². The molecule has 0 fully saturated rings. The Morgan fingerprint density at radius 2 is 1.88 bits per heavy atom. The number of hydrazine groups is 1. The van der Waals surface area contributed by atoms with Gasteiger partial charge in [0.05, 0.1) is 12.5 Å². The summed E-state index contributed by atoms with van der Waals surface area (Å²) in [4.78, 5) is 24.9. The number of amides is 2. The second-order valence-corrected chi connectivity index (χ2v) is 4.05. The van der Waals surface area contributed by atoms with Crippen LogP contribution in [-0.4, -0.2) is 42.4 Å². The highest BCUT2D eigenvalue weighted by atomic mass is 16.2. The van der Waals surface area contributed by atoms with Crippen molar-refractivity contribution >= 4 is 11.8 Å². The molecule has 6 nitrogen and oxygen atoms in total. The Morgan fingerprint density at radius 3 is 2.29 bits per heavy atom. The maximum atomic E-state index is 11.5. The monoisotopic (exact) mass is 244 g/mol. The number of nitrogens with one attached hydrogen (secondary N) is 2. The van der Waals surface area contributed by atoms with Gasteiger partial charge in [0.1, 0.15) is 0 Å². The van der Waals surface area contributed by atoms with Crippen molar-refractivity contribution in [3.05, 3.63) is 0 Å². The molecule has 0 aromatic heterocycles. The summed E-state index contributed by atoms with van der Waals surface area (Å²) in [7, 11) is 0. The van der Waals surface area contributed by atoms with Crippen molar-refractivity contribution in [3.63, 3.8) is 0 Å². The van der Waals surface area contributed by atoms with E-state index in [9.17, 15) is 9.59 Å². The average Bonchev–Trinajstić information content (AvgIpc) is 2.33. The van der Waals surface area contributed by atoms with E-state index in [0.717, 1.165) is 0 Å². The Morgan fingerprint density at radius 1 is 1.29 bits per heavy atom. The molecule has 0 saturated heterocycles. The van der Waals surface area contributed by atoms with Crippen molar-refractivity contribution in [2.75, 3.05) is 19.6 Å². The van der Waals surface area contributed by atoms with Gasteiger partial charge < -0.3 is 5.32 Å². The SMILES string of the molecule is CCNC(=O)CN(CC)C(C)C(C)C(=O)NN. The van der Waals surface area contributed by atoms with Crippen molar-refractivity contribution in [3.8, 4) is 0 Å². The molecule has 0 aliphatic heterocycles. The lowest BCUT2D eigenvalue weighted by atomic mass is 10.0. The Balaban J connectivity index is 4.43. The second kappa shape index (κ2) is 8.03. The lowest BCUT2D eigenvalue weighted by Gasteiger charge is -2.30. The molecule has 0 aliphatic rings. The molecule has 0 saturated carbocycles. The standard InChI is InChI=1S/C11H24N4O2/c1-5-13-10(16)7-15(6-2)9(4)8(3)11(17)14-12/h8-9H,5-7,12H2,1-4H3,(H,13,16)(H,14,17). The zero-order valence-corrected chi connectivity index (χ0v) is 11.1. The van der Waals surface area contributed by atoms with Gasteiger partial charge in [-0.2, -0.15) is 0 Å². The molecule has 0 aliphatic carbocycles. The van der Waals surface area contributed by atoms with Crippen LogP contribution in [0.25, 0.3) is 0 Å². The minimum atomic E-state index is -0.255. The molecule has 0 rings (SSSR count). The van der Waals surface area contributed by atoms with Gasteiger partial charge in [-0.25, -0.2) is 5.84 Å². The lowest BCUT2D eigenvalue weighted by Crippen LogP contribution is -2.48. The van der Waals surface area contributed by atoms with Gasteiger partial charge in [0.15, 0.2) is 0 Å². The summed E-state index contributed by atoms with van der Waals surface area (Å²) in [5.41, 5.74) is 2.14. The molecular formula is C11H24N4O2. The Bertz CT molecular complexity index is 258. The minimum absolute atomic E-state index is 0.0263. The van der Waals surface area contributed by atoms with Gasteiger partial charge in [0, 0.05) is 12.6 Å². The van der Waals surface area contributed by atoms with Gasteiger partial charge in [-0.05, 0) is 20.4 Å². The molecule has 100 valence electrons. The quantitative estimate of drug-likeness (QED) is 0.319. The summed E-state index contributed by atoms with van der Waals surface area (Å²) < 4.78 is 0. The fraction of sp³-hybridized carbons (Fsp3) is 0.818. The van der Waals surface area contributed by atoms with E-state index in [-0.39, 0.29) is 23.8 Å². The molecule has 2 atom stereocenters. The van der Waals surface area contributed by atoms with Crippen LogP contribution < -0.4 is 16.6 Å². The van der Waals surface area contributed by atoms with Crippen LogP contribution in [0.2, 0.25) is 0 Å². The third kappa shape index (κ3) is 5.14. The topological polar surface area (TPSA) is 87.5 Å². The molecule has 0 aromatic carbocycles. The summed E-state index contributed by atoms with van der Waals surface area (Å²) in [6.07, 6.45) is 0. The van der Waals surface area contributed by atoms with Gasteiger partial charge >= 0.3 is 0 Å². The normalized spacial score (nSPS) is 14.2. The maximum absolute atomic E-state index is 11.5. The second-order valence-electron chi connectivity index (χ2n) is 4.05. The number of rotatable bonds is 7. The molecule has 0 heterocycles. The Labute approximate surface area is 103 Å². The zero-order valence-electron chi connectivity index (χ0n) is 11.1. The maximum Gasteiger partial charge on any atom is 0.238 e. The number of carbonyl (C=O) groups is 2. The third-order valence-corrected chi connectivity index (χ3v) is 2.98. The molecule has 4 N–H and O–H groups in total. The van der Waals surface area contributed by atoms with Gasteiger partial charge in [-0.1, -0.05) is 13.8 Å². The lowest BCUT2D eigenvalue weighted by molar-refractivity contribution is -0.128. The fourth-order valence-corrected chi connectivity index (χ4v) is 1.65. The number of nitrogens with zero attached hydrogens (tertiary/aromatic N) is 1. The minimum Gasteiger partial charge on any atom is -0.355 e. The first kappa shape index (κ1) is 15.9. The first-order valence-electron chi connectivity index (χ1n) is 5.99. The highest BCUT2D eigenvalue weighted by Gasteiger charge is 2.25. The van der Waals surface area contributed by atoms with Crippen molar-refractivity contribution < 1.29 is 9.59 Å². The number of hydrogen-bond donors (Lipinski definition) is 3. The van der Waals surface area contributed by atoms with Gasteiger partial charge in [0.25, 0.3) is 0 Å². The largest absolute Gasteiger partial charge is 0.355 e. The molecule has 2 amide bonds. The van der Waals surface area contributed by atoms with Crippen molar-refractivity contribution in [1.29, 1.82) is 0 Å². The highest BCUT2D eigenvalue weighted by Crippen LogP contribution is 2.10. The molecule has 0 bridgehead atoms. The van der Waals surface area contributed by atoms with Gasteiger partial charge in [0.2, 0.25) is 11.8 Å². The van der Waals surface area contributed by atoms with E-state index in [0.29, 0.717) is 19.6 Å². The van der Waals surface area contributed by atoms with Crippen LogP contribution in [0.15, 0.2) is 0 Å². The van der Waals surface area contributed by atoms with Crippen LogP contribution in [0.3, 0.4) is 0 Å². The molecule has 0 aromatic rings. The van der Waals surface area contributed by atoms with Crippen molar-refractivity contribution in [1.82, 2.24) is 15.6 Å². The van der Waals surface area contributed by atoms with Crippen molar-refractivity contribution in [2.24, 2.45) is 11.8 Å². The third-order valence-electron chi connectivity index (χ3n) is 2.98. The zero-order chi connectivity index (χ0) is 13.4. The summed E-state index contributed by atoms with van der Waals surface area (Å²) in [5, 5.41) is 2.74. The van der Waals surface area contributed by atoms with Crippen LogP contribution in [0.4, 0.5) is 0 Å². The molecule has 17 heavy (non-hydrogen) atoms. The molecule has 6 heteroatoms. The Hall–Kier alpha value is -1.14. The molecular weight excluding hydrogens is 220 g/mol. The smallest absolute Gasteiger partial charge is 0.238 e. The van der Waals surface area contributed by atoms with E-state index in [1.807, 2.05) is 25.7 Å². The predicted octanol–water partition coefficient (Wildman–Crippen LogP) is -0.541. The first-order valence-corrected chi connectivity index (χ1v) is 5.99. The fourth-order valence-electron chi connectivity index (χ4n) is 1.65. The number of hydrogen-bond acceptors (Lipinski definition) is 4. The van der Waals surface area contributed by atoms with Gasteiger partial charge in [-0.15, -0.1) is 0 Å². The van der Waals surface area contributed by atoms with Crippen LogP contribution in [0, 0.1) is 5.92 Å². The number of carbonyl (C=O) groups excluding carboxylic acids is 2.